The molecule has 0 radical (unpaired) electrons. The summed E-state index contributed by atoms with van der Waals surface area (Å²) in [6, 6.07) is 10.7. The first-order valence-electron chi connectivity index (χ1n) is 10.8. The van der Waals surface area contributed by atoms with Gasteiger partial charge >= 0.3 is 0 Å². The molecule has 1 saturated carbocycles. The molecule has 1 aliphatic rings. The Bertz CT molecular complexity index is 964. The van der Waals surface area contributed by atoms with Crippen LogP contribution in [0.4, 0.5) is 0 Å². The highest BCUT2D eigenvalue weighted by Crippen LogP contribution is 2.39. The summed E-state index contributed by atoms with van der Waals surface area (Å²) in [4.78, 5) is 19.2. The Morgan fingerprint density at radius 2 is 2.13 bits per heavy atom. The molecule has 2 aromatic heterocycles. The summed E-state index contributed by atoms with van der Waals surface area (Å²) in [6.07, 6.45) is 10.6. The summed E-state index contributed by atoms with van der Waals surface area (Å²) in [5.41, 5.74) is 3.47. The standard InChI is InChI=1S/C24H31N5O/c1-29(2)22(12-18-7-8-23-21(11-18)15-27-28-23)16-26-24(30)13-20(10-17-5-6-17)19-4-3-9-25-14-19/h3-4,7-9,11,14-15,17,20,22H,5-6,10,12-13,16H2,1-2H3,(H,26,30)(H,27,28)/t20-,22-/m0/s1. The Morgan fingerprint density at radius 1 is 1.27 bits per heavy atom. The number of aromatic nitrogens is 3. The minimum absolute atomic E-state index is 0.127. The van der Waals surface area contributed by atoms with Crippen LogP contribution in [-0.2, 0) is 11.2 Å². The summed E-state index contributed by atoms with van der Waals surface area (Å²) in [6.45, 7) is 0.637. The molecule has 1 aliphatic carbocycles. The topological polar surface area (TPSA) is 73.9 Å². The van der Waals surface area contributed by atoms with Gasteiger partial charge in [0.2, 0.25) is 5.91 Å². The van der Waals surface area contributed by atoms with Crippen molar-refractivity contribution in [3.63, 3.8) is 0 Å². The maximum atomic E-state index is 12.8. The lowest BCUT2D eigenvalue weighted by atomic mass is 9.91. The summed E-state index contributed by atoms with van der Waals surface area (Å²) in [5.74, 6) is 1.16. The van der Waals surface area contributed by atoms with Gasteiger partial charge in [-0.05, 0) is 68.1 Å². The van der Waals surface area contributed by atoms with Crippen LogP contribution in [0, 0.1) is 5.92 Å². The fraction of sp³-hybridized carbons (Fsp3) is 0.458. The van der Waals surface area contributed by atoms with E-state index in [1.807, 2.05) is 18.5 Å². The molecule has 3 aromatic rings. The molecule has 0 bridgehead atoms. The Kier molecular flexibility index (Phi) is 6.43. The van der Waals surface area contributed by atoms with Crippen LogP contribution in [0.3, 0.4) is 0 Å². The van der Waals surface area contributed by atoms with E-state index in [1.54, 1.807) is 6.20 Å². The lowest BCUT2D eigenvalue weighted by molar-refractivity contribution is -0.121. The quantitative estimate of drug-likeness (QED) is 0.541. The molecule has 1 fully saturated rings. The largest absolute Gasteiger partial charge is 0.355 e. The third-order valence-corrected chi connectivity index (χ3v) is 6.14. The number of H-pyrrole nitrogens is 1. The van der Waals surface area contributed by atoms with Gasteiger partial charge in [0.15, 0.2) is 0 Å². The molecule has 6 nitrogen and oxygen atoms in total. The van der Waals surface area contributed by atoms with E-state index >= 15 is 0 Å². The first-order chi connectivity index (χ1) is 14.6. The van der Waals surface area contributed by atoms with Crippen LogP contribution >= 0.6 is 0 Å². The Labute approximate surface area is 178 Å². The Balaban J connectivity index is 1.34. The molecule has 2 atom stereocenters. The highest BCUT2D eigenvalue weighted by Gasteiger charge is 2.28. The SMILES string of the molecule is CN(C)[C@H](CNC(=O)C[C@H](CC1CC1)c1cccnc1)Cc1ccc2[nH]ncc2c1. The van der Waals surface area contributed by atoms with Crippen LogP contribution in [0.25, 0.3) is 10.9 Å². The number of hydrogen-bond donors (Lipinski definition) is 2. The van der Waals surface area contributed by atoms with Gasteiger partial charge in [-0.2, -0.15) is 5.10 Å². The van der Waals surface area contributed by atoms with E-state index in [1.165, 1.54) is 24.0 Å². The van der Waals surface area contributed by atoms with E-state index < -0.39 is 0 Å². The fourth-order valence-electron chi connectivity index (χ4n) is 4.07. The first kappa shape index (κ1) is 20.5. The van der Waals surface area contributed by atoms with Crippen molar-refractivity contribution in [2.24, 2.45) is 5.92 Å². The minimum Gasteiger partial charge on any atom is -0.355 e. The van der Waals surface area contributed by atoms with Crippen molar-refractivity contribution in [2.45, 2.75) is 44.1 Å². The molecule has 6 heteroatoms. The summed E-state index contributed by atoms with van der Waals surface area (Å²) >= 11 is 0. The van der Waals surface area contributed by atoms with E-state index in [0.29, 0.717) is 13.0 Å². The number of likely N-dealkylation sites (N-methyl/N-ethyl adjacent to an activating group) is 1. The number of benzene rings is 1. The zero-order chi connectivity index (χ0) is 20.9. The molecule has 0 saturated heterocycles. The molecule has 158 valence electrons. The van der Waals surface area contributed by atoms with E-state index in [2.05, 4.69) is 63.8 Å². The van der Waals surface area contributed by atoms with Crippen LogP contribution in [0.5, 0.6) is 0 Å². The van der Waals surface area contributed by atoms with Gasteiger partial charge in [0, 0.05) is 36.8 Å². The second kappa shape index (κ2) is 9.39. The number of aromatic amines is 1. The number of nitrogens with one attached hydrogen (secondary N) is 2. The normalized spacial score (nSPS) is 16.0. The highest BCUT2D eigenvalue weighted by atomic mass is 16.1. The summed E-state index contributed by atoms with van der Waals surface area (Å²) in [7, 11) is 4.14. The maximum Gasteiger partial charge on any atom is 0.220 e. The van der Waals surface area contributed by atoms with Gasteiger partial charge in [0.05, 0.1) is 11.7 Å². The smallest absolute Gasteiger partial charge is 0.220 e. The van der Waals surface area contributed by atoms with E-state index in [9.17, 15) is 4.79 Å². The Morgan fingerprint density at radius 3 is 2.87 bits per heavy atom. The van der Waals surface area contributed by atoms with Crippen LogP contribution in [-0.4, -0.2) is 52.7 Å². The molecule has 4 rings (SSSR count). The molecule has 2 N–H and O–H groups in total. The van der Waals surface area contributed by atoms with Gasteiger partial charge in [-0.1, -0.05) is 25.0 Å². The number of hydrogen-bond acceptors (Lipinski definition) is 4. The van der Waals surface area contributed by atoms with Crippen LogP contribution in [0.1, 0.15) is 42.7 Å². The number of carbonyl (C=O) groups excluding carboxylic acids is 1. The molecular weight excluding hydrogens is 374 g/mol. The number of rotatable bonds is 10. The molecule has 1 amide bonds. The van der Waals surface area contributed by atoms with Crippen molar-refractivity contribution in [3.05, 3.63) is 60.0 Å². The number of pyridine rings is 1. The zero-order valence-electron chi connectivity index (χ0n) is 17.8. The predicted molar refractivity (Wildman–Crippen MR) is 119 cm³/mol. The molecule has 0 spiro atoms. The first-order valence-corrected chi connectivity index (χ1v) is 10.8. The molecule has 30 heavy (non-hydrogen) atoms. The van der Waals surface area contributed by atoms with Crippen molar-refractivity contribution < 1.29 is 4.79 Å². The number of amides is 1. The van der Waals surface area contributed by atoms with Gasteiger partial charge < -0.3 is 10.2 Å². The molecule has 0 unspecified atom stereocenters. The monoisotopic (exact) mass is 405 g/mol. The molecule has 0 aliphatic heterocycles. The van der Waals surface area contributed by atoms with Gasteiger partial charge in [-0.25, -0.2) is 0 Å². The minimum atomic E-state index is 0.127. The lowest BCUT2D eigenvalue weighted by Gasteiger charge is -2.25. The van der Waals surface area contributed by atoms with Crippen molar-refractivity contribution in [2.75, 3.05) is 20.6 Å². The lowest BCUT2D eigenvalue weighted by Crippen LogP contribution is -2.41. The average Bonchev–Trinajstić information content (AvgIpc) is 3.44. The molecule has 1 aromatic carbocycles. The second-order valence-corrected chi connectivity index (χ2v) is 8.78. The van der Waals surface area contributed by atoms with Gasteiger partial charge in [-0.3, -0.25) is 14.9 Å². The predicted octanol–water partition coefficient (Wildman–Crippen LogP) is 3.52. The second-order valence-electron chi connectivity index (χ2n) is 8.78. The fourth-order valence-corrected chi connectivity index (χ4v) is 4.07. The van der Waals surface area contributed by atoms with E-state index in [0.717, 1.165) is 29.7 Å². The van der Waals surface area contributed by atoms with Crippen molar-refractivity contribution in [1.29, 1.82) is 0 Å². The van der Waals surface area contributed by atoms with Gasteiger partial charge in [0.1, 0.15) is 0 Å². The third-order valence-electron chi connectivity index (χ3n) is 6.14. The van der Waals surface area contributed by atoms with Gasteiger partial charge in [0.25, 0.3) is 0 Å². The van der Waals surface area contributed by atoms with Crippen molar-refractivity contribution in [3.8, 4) is 0 Å². The Hall–Kier alpha value is -2.73. The number of nitrogens with zero attached hydrogens (tertiary/aromatic N) is 3. The van der Waals surface area contributed by atoms with Crippen LogP contribution in [0.2, 0.25) is 0 Å². The third kappa shape index (κ3) is 5.45. The number of carbonyl (C=O) groups is 1. The summed E-state index contributed by atoms with van der Waals surface area (Å²) < 4.78 is 0. The van der Waals surface area contributed by atoms with Gasteiger partial charge in [-0.15, -0.1) is 0 Å². The highest BCUT2D eigenvalue weighted by molar-refractivity contribution is 5.78. The average molecular weight is 406 g/mol. The van der Waals surface area contributed by atoms with Crippen molar-refractivity contribution in [1.82, 2.24) is 25.4 Å². The summed E-state index contributed by atoms with van der Waals surface area (Å²) in [5, 5.41) is 11.4. The zero-order valence-corrected chi connectivity index (χ0v) is 17.8. The maximum absolute atomic E-state index is 12.8. The van der Waals surface area contributed by atoms with E-state index in [-0.39, 0.29) is 17.9 Å². The van der Waals surface area contributed by atoms with E-state index in [4.69, 9.17) is 0 Å². The van der Waals surface area contributed by atoms with Crippen LogP contribution in [0.15, 0.2) is 48.9 Å². The molecule has 2 heterocycles. The number of fused-ring (bicyclic) bond motifs is 1. The molecular formula is C24H31N5O. The van der Waals surface area contributed by atoms with Crippen LogP contribution < -0.4 is 5.32 Å². The van der Waals surface area contributed by atoms with Crippen molar-refractivity contribution >= 4 is 16.8 Å².